The van der Waals surface area contributed by atoms with E-state index >= 15 is 0 Å². The topological polar surface area (TPSA) is 30.7 Å². The van der Waals surface area contributed by atoms with Gasteiger partial charge in [0, 0.05) is 11.7 Å². The number of unbranched alkanes of at least 4 members (excludes halogenated alkanes) is 2. The van der Waals surface area contributed by atoms with Gasteiger partial charge in [-0.05, 0) is 39.3 Å². The van der Waals surface area contributed by atoms with E-state index in [0.29, 0.717) is 6.04 Å². The quantitative estimate of drug-likeness (QED) is 0.542. The fraction of sp³-hybridized carbons (Fsp3) is 0.625. The first kappa shape index (κ1) is 15.3. The molecular weight excluding hydrogens is 270 g/mol. The molecule has 0 amide bonds. The Morgan fingerprint density at radius 2 is 1.95 bits per heavy atom. The SMILES string of the molecule is CCCCCC(C)n1c(C(C)Cl)nc2ccc(C)nc21. The average molecular weight is 294 g/mol. The van der Waals surface area contributed by atoms with Crippen LogP contribution in [0.15, 0.2) is 12.1 Å². The Hall–Kier alpha value is -1.09. The smallest absolute Gasteiger partial charge is 0.160 e. The first-order valence-electron chi connectivity index (χ1n) is 7.54. The molecule has 0 fully saturated rings. The van der Waals surface area contributed by atoms with Crippen molar-refractivity contribution in [2.75, 3.05) is 0 Å². The number of hydrogen-bond acceptors (Lipinski definition) is 2. The Kier molecular flexibility index (Phi) is 5.03. The molecule has 2 aromatic rings. The number of aryl methyl sites for hydroxylation is 1. The lowest BCUT2D eigenvalue weighted by Gasteiger charge is -2.18. The number of fused-ring (bicyclic) bond motifs is 1. The highest BCUT2D eigenvalue weighted by Gasteiger charge is 2.19. The molecule has 110 valence electrons. The molecular formula is C16H24ClN3. The Balaban J connectivity index is 2.42. The predicted octanol–water partition coefficient (Wildman–Crippen LogP) is 5.18. The van der Waals surface area contributed by atoms with E-state index in [2.05, 4.69) is 28.4 Å². The molecule has 0 saturated heterocycles. The van der Waals surface area contributed by atoms with E-state index in [-0.39, 0.29) is 5.38 Å². The summed E-state index contributed by atoms with van der Waals surface area (Å²) >= 11 is 6.31. The molecule has 0 bridgehead atoms. The van der Waals surface area contributed by atoms with E-state index in [1.54, 1.807) is 0 Å². The summed E-state index contributed by atoms with van der Waals surface area (Å²) in [5.74, 6) is 0.934. The predicted molar refractivity (Wildman–Crippen MR) is 85.4 cm³/mol. The molecule has 0 aromatic carbocycles. The van der Waals surface area contributed by atoms with Crippen LogP contribution >= 0.6 is 11.6 Å². The summed E-state index contributed by atoms with van der Waals surface area (Å²) in [6.07, 6.45) is 4.90. The molecule has 0 aliphatic carbocycles. The Morgan fingerprint density at radius 3 is 2.60 bits per heavy atom. The van der Waals surface area contributed by atoms with E-state index in [9.17, 15) is 0 Å². The number of pyridine rings is 1. The molecule has 2 aromatic heterocycles. The Labute approximate surface area is 126 Å². The summed E-state index contributed by atoms with van der Waals surface area (Å²) < 4.78 is 2.23. The van der Waals surface area contributed by atoms with E-state index in [1.165, 1.54) is 19.3 Å². The third kappa shape index (κ3) is 3.14. The van der Waals surface area contributed by atoms with Gasteiger partial charge in [-0.25, -0.2) is 9.97 Å². The molecule has 0 radical (unpaired) electrons. The van der Waals surface area contributed by atoms with Gasteiger partial charge in [0.05, 0.1) is 5.38 Å². The first-order valence-corrected chi connectivity index (χ1v) is 7.97. The molecule has 2 heterocycles. The van der Waals surface area contributed by atoms with Gasteiger partial charge in [0.2, 0.25) is 0 Å². The van der Waals surface area contributed by atoms with Crippen LogP contribution in [0.25, 0.3) is 11.2 Å². The minimum absolute atomic E-state index is 0.0990. The molecule has 0 aliphatic heterocycles. The van der Waals surface area contributed by atoms with Gasteiger partial charge in [-0.3, -0.25) is 0 Å². The standard InChI is InChI=1S/C16H24ClN3/c1-5-6-7-8-12(3)20-15(13(4)17)19-14-10-9-11(2)18-16(14)20/h9-10,12-13H,5-8H2,1-4H3. The van der Waals surface area contributed by atoms with Crippen molar-refractivity contribution in [2.24, 2.45) is 0 Å². The van der Waals surface area contributed by atoms with Crippen molar-refractivity contribution in [1.82, 2.24) is 14.5 Å². The van der Waals surface area contributed by atoms with Gasteiger partial charge < -0.3 is 4.57 Å². The van der Waals surface area contributed by atoms with E-state index in [1.807, 2.05) is 26.0 Å². The zero-order valence-electron chi connectivity index (χ0n) is 12.9. The zero-order valence-corrected chi connectivity index (χ0v) is 13.6. The number of alkyl halides is 1. The summed E-state index contributed by atoms with van der Waals surface area (Å²) in [5.41, 5.74) is 2.94. The van der Waals surface area contributed by atoms with Crippen LogP contribution in [0.3, 0.4) is 0 Å². The van der Waals surface area contributed by atoms with Crippen molar-refractivity contribution in [3.8, 4) is 0 Å². The lowest BCUT2D eigenvalue weighted by atomic mass is 10.1. The van der Waals surface area contributed by atoms with Crippen LogP contribution in [0.2, 0.25) is 0 Å². The van der Waals surface area contributed by atoms with Crippen LogP contribution in [0, 0.1) is 6.92 Å². The second-order valence-corrected chi connectivity index (χ2v) is 6.25. The second kappa shape index (κ2) is 6.57. The normalized spacial score (nSPS) is 14.7. The van der Waals surface area contributed by atoms with Crippen LogP contribution in [0.4, 0.5) is 0 Å². The zero-order chi connectivity index (χ0) is 14.7. The van der Waals surface area contributed by atoms with Gasteiger partial charge in [0.25, 0.3) is 0 Å². The molecule has 3 nitrogen and oxygen atoms in total. The number of aromatic nitrogens is 3. The minimum Gasteiger partial charge on any atom is -0.309 e. The summed E-state index contributed by atoms with van der Waals surface area (Å²) in [4.78, 5) is 9.34. The minimum atomic E-state index is -0.0990. The van der Waals surface area contributed by atoms with Gasteiger partial charge in [-0.15, -0.1) is 11.6 Å². The second-order valence-electron chi connectivity index (χ2n) is 5.60. The van der Waals surface area contributed by atoms with Gasteiger partial charge >= 0.3 is 0 Å². The van der Waals surface area contributed by atoms with Crippen LogP contribution in [-0.4, -0.2) is 14.5 Å². The van der Waals surface area contributed by atoms with Crippen LogP contribution in [0.5, 0.6) is 0 Å². The van der Waals surface area contributed by atoms with Crippen molar-refractivity contribution in [3.05, 3.63) is 23.7 Å². The molecule has 0 N–H and O–H groups in total. The highest BCUT2D eigenvalue weighted by molar-refractivity contribution is 6.20. The van der Waals surface area contributed by atoms with Gasteiger partial charge in [0.15, 0.2) is 5.65 Å². The van der Waals surface area contributed by atoms with Crippen molar-refractivity contribution in [1.29, 1.82) is 0 Å². The van der Waals surface area contributed by atoms with Gasteiger partial charge in [-0.1, -0.05) is 26.2 Å². The molecule has 2 unspecified atom stereocenters. The van der Waals surface area contributed by atoms with Gasteiger partial charge in [0.1, 0.15) is 11.3 Å². The van der Waals surface area contributed by atoms with Gasteiger partial charge in [-0.2, -0.15) is 0 Å². The molecule has 0 spiro atoms. The largest absolute Gasteiger partial charge is 0.309 e. The number of halogens is 1. The number of imidazole rings is 1. The molecule has 2 rings (SSSR count). The highest BCUT2D eigenvalue weighted by atomic mass is 35.5. The first-order chi connectivity index (χ1) is 9.54. The summed E-state index contributed by atoms with van der Waals surface area (Å²) in [6, 6.07) is 4.43. The molecule has 2 atom stereocenters. The Morgan fingerprint density at radius 1 is 1.20 bits per heavy atom. The summed E-state index contributed by atoms with van der Waals surface area (Å²) in [5, 5.41) is -0.0990. The molecule has 20 heavy (non-hydrogen) atoms. The maximum atomic E-state index is 6.31. The van der Waals surface area contributed by atoms with Crippen LogP contribution in [-0.2, 0) is 0 Å². The average Bonchev–Trinajstić information content (AvgIpc) is 2.77. The van der Waals surface area contributed by atoms with E-state index in [4.69, 9.17) is 11.6 Å². The maximum absolute atomic E-state index is 6.31. The highest BCUT2D eigenvalue weighted by Crippen LogP contribution is 2.29. The third-order valence-corrected chi connectivity index (χ3v) is 3.92. The maximum Gasteiger partial charge on any atom is 0.160 e. The molecule has 0 saturated carbocycles. The van der Waals surface area contributed by atoms with E-state index in [0.717, 1.165) is 29.1 Å². The fourth-order valence-electron chi connectivity index (χ4n) is 2.62. The van der Waals surface area contributed by atoms with Crippen molar-refractivity contribution in [3.63, 3.8) is 0 Å². The lowest BCUT2D eigenvalue weighted by molar-refractivity contribution is 0.470. The summed E-state index contributed by atoms with van der Waals surface area (Å²) in [6.45, 7) is 8.46. The van der Waals surface area contributed by atoms with Crippen molar-refractivity contribution >= 4 is 22.8 Å². The van der Waals surface area contributed by atoms with Crippen LogP contribution < -0.4 is 0 Å². The number of hydrogen-bond donors (Lipinski definition) is 0. The number of nitrogens with zero attached hydrogens (tertiary/aromatic N) is 3. The molecule has 4 heteroatoms. The molecule has 0 aliphatic rings. The number of rotatable bonds is 6. The van der Waals surface area contributed by atoms with Crippen LogP contribution in [0.1, 0.15) is 69.4 Å². The Bertz CT molecular complexity index is 574. The lowest BCUT2D eigenvalue weighted by Crippen LogP contribution is -2.11. The third-order valence-electron chi connectivity index (χ3n) is 3.73. The van der Waals surface area contributed by atoms with E-state index < -0.39 is 0 Å². The van der Waals surface area contributed by atoms with Crippen molar-refractivity contribution in [2.45, 2.75) is 64.8 Å². The monoisotopic (exact) mass is 293 g/mol. The summed E-state index contributed by atoms with van der Waals surface area (Å²) in [7, 11) is 0. The fourth-order valence-corrected chi connectivity index (χ4v) is 2.77. The van der Waals surface area contributed by atoms with Crippen molar-refractivity contribution < 1.29 is 0 Å².